The van der Waals surface area contributed by atoms with E-state index in [1.54, 1.807) is 0 Å². The van der Waals surface area contributed by atoms with Crippen LogP contribution in [0.3, 0.4) is 0 Å². The maximum Gasteiger partial charge on any atom is 0.134 e. The zero-order valence-corrected chi connectivity index (χ0v) is 13.1. The number of hydrogen-bond donors (Lipinski definition) is 1. The zero-order chi connectivity index (χ0) is 15.5. The molecule has 4 rings (SSSR count). The summed E-state index contributed by atoms with van der Waals surface area (Å²) in [6.07, 6.45) is 3.16. The lowest BCUT2D eigenvalue weighted by Gasteiger charge is -2.01. The van der Waals surface area contributed by atoms with Crippen LogP contribution in [0.2, 0.25) is 0 Å². The molecule has 116 valence electrons. The highest BCUT2D eigenvalue weighted by Crippen LogP contribution is 2.22. The average Bonchev–Trinajstić information content (AvgIpc) is 3.24. The van der Waals surface area contributed by atoms with Crippen molar-refractivity contribution in [3.05, 3.63) is 71.5 Å². The van der Waals surface area contributed by atoms with E-state index in [-0.39, 0.29) is 0 Å². The molecule has 0 amide bonds. The summed E-state index contributed by atoms with van der Waals surface area (Å²) in [7, 11) is 0. The van der Waals surface area contributed by atoms with Gasteiger partial charge in [0, 0.05) is 23.9 Å². The Morgan fingerprint density at radius 2 is 1.91 bits per heavy atom. The fourth-order valence-electron chi connectivity index (χ4n) is 3.07. The van der Waals surface area contributed by atoms with Crippen LogP contribution in [0.1, 0.15) is 23.3 Å². The fraction of sp³-hybridized carbons (Fsp3) is 0.250. The molecule has 0 saturated heterocycles. The minimum atomic E-state index is 0.865. The van der Waals surface area contributed by atoms with E-state index in [2.05, 4.69) is 58.8 Å². The predicted octanol–water partition coefficient (Wildman–Crippen LogP) is 3.96. The molecule has 0 fully saturated rings. The Balaban J connectivity index is 1.46. The molecule has 1 aliphatic rings. The maximum atomic E-state index is 5.96. The van der Waals surface area contributed by atoms with Gasteiger partial charge in [-0.2, -0.15) is 0 Å². The molecule has 2 aromatic carbocycles. The van der Waals surface area contributed by atoms with Crippen molar-refractivity contribution in [1.29, 1.82) is 0 Å². The van der Waals surface area contributed by atoms with Gasteiger partial charge in [-0.3, -0.25) is 4.99 Å². The number of amidine groups is 1. The quantitative estimate of drug-likeness (QED) is 0.775. The van der Waals surface area contributed by atoms with Crippen molar-refractivity contribution >= 4 is 16.8 Å². The molecule has 0 aliphatic carbocycles. The second-order valence-electron chi connectivity index (χ2n) is 5.96. The van der Waals surface area contributed by atoms with Gasteiger partial charge in [0.05, 0.1) is 6.54 Å². The van der Waals surface area contributed by atoms with E-state index < -0.39 is 0 Å². The first-order chi connectivity index (χ1) is 11.4. The number of fused-ring (bicyclic) bond motifs is 1. The first kappa shape index (κ1) is 14.1. The van der Waals surface area contributed by atoms with E-state index >= 15 is 0 Å². The van der Waals surface area contributed by atoms with Gasteiger partial charge in [-0.25, -0.2) is 0 Å². The molecule has 0 spiro atoms. The van der Waals surface area contributed by atoms with Crippen LogP contribution in [0.15, 0.2) is 64.0 Å². The summed E-state index contributed by atoms with van der Waals surface area (Å²) >= 11 is 0. The molecule has 0 atom stereocenters. The van der Waals surface area contributed by atoms with Crippen molar-refractivity contribution in [2.24, 2.45) is 4.99 Å². The van der Waals surface area contributed by atoms with Gasteiger partial charge < -0.3 is 9.73 Å². The Kier molecular flexibility index (Phi) is 3.85. The van der Waals surface area contributed by atoms with Crippen LogP contribution < -0.4 is 5.32 Å². The third kappa shape index (κ3) is 3.14. The number of hydrogen-bond acceptors (Lipinski definition) is 3. The lowest BCUT2D eigenvalue weighted by molar-refractivity contribution is 0.538. The normalized spacial score (nSPS) is 14.0. The molecule has 1 N–H and O–H groups in total. The van der Waals surface area contributed by atoms with Crippen LogP contribution in [0.25, 0.3) is 11.0 Å². The molecule has 3 heteroatoms. The van der Waals surface area contributed by atoms with Crippen molar-refractivity contribution in [3.63, 3.8) is 0 Å². The minimum Gasteiger partial charge on any atom is -0.461 e. The molecule has 0 unspecified atom stereocenters. The number of aliphatic imine (C=N–C) groups is 1. The minimum absolute atomic E-state index is 0.865. The van der Waals surface area contributed by atoms with Crippen molar-refractivity contribution in [2.45, 2.75) is 19.3 Å². The van der Waals surface area contributed by atoms with Gasteiger partial charge in [0.1, 0.15) is 17.2 Å². The Morgan fingerprint density at radius 3 is 2.74 bits per heavy atom. The molecule has 0 radical (unpaired) electrons. The third-order valence-corrected chi connectivity index (χ3v) is 4.25. The topological polar surface area (TPSA) is 37.5 Å². The maximum absolute atomic E-state index is 5.96. The summed E-state index contributed by atoms with van der Waals surface area (Å²) in [5, 5.41) is 4.48. The van der Waals surface area contributed by atoms with Crippen molar-refractivity contribution in [3.8, 4) is 0 Å². The first-order valence-corrected chi connectivity index (χ1v) is 8.23. The molecule has 3 aromatic rings. The van der Waals surface area contributed by atoms with Crippen LogP contribution in [-0.2, 0) is 12.8 Å². The van der Waals surface area contributed by atoms with E-state index in [0.29, 0.717) is 0 Å². The van der Waals surface area contributed by atoms with Gasteiger partial charge in [0.2, 0.25) is 0 Å². The molecule has 0 bridgehead atoms. The van der Waals surface area contributed by atoms with Gasteiger partial charge >= 0.3 is 0 Å². The van der Waals surface area contributed by atoms with Gasteiger partial charge in [0.15, 0.2) is 0 Å². The van der Waals surface area contributed by atoms with Crippen LogP contribution in [0, 0.1) is 0 Å². The molecular formula is C20H20N2O. The molecule has 3 nitrogen and oxygen atoms in total. The molecule has 0 saturated carbocycles. The largest absolute Gasteiger partial charge is 0.461 e. The summed E-state index contributed by atoms with van der Waals surface area (Å²) in [5.41, 5.74) is 3.49. The number of nitrogens with zero attached hydrogens (tertiary/aromatic N) is 1. The smallest absolute Gasteiger partial charge is 0.134 e. The summed E-state index contributed by atoms with van der Waals surface area (Å²) in [6.45, 7) is 1.80. The standard InChI is InChI=1S/C20H20N2O/c1-2-5-15(6-3-1)7-4-8-18-14-17-13-16(9-10-19(17)23-18)20-21-11-12-22-20/h1-3,5-6,9-10,13-14H,4,7-8,11-12H2,(H,21,22). The van der Waals surface area contributed by atoms with E-state index in [4.69, 9.17) is 4.42 Å². The number of nitrogens with one attached hydrogen (secondary N) is 1. The third-order valence-electron chi connectivity index (χ3n) is 4.25. The van der Waals surface area contributed by atoms with Crippen molar-refractivity contribution in [1.82, 2.24) is 5.32 Å². The lowest BCUT2D eigenvalue weighted by Crippen LogP contribution is -2.19. The van der Waals surface area contributed by atoms with Gasteiger partial charge in [0.25, 0.3) is 0 Å². The van der Waals surface area contributed by atoms with Crippen LogP contribution in [-0.4, -0.2) is 18.9 Å². The number of rotatable bonds is 5. The van der Waals surface area contributed by atoms with E-state index in [1.165, 1.54) is 5.56 Å². The van der Waals surface area contributed by atoms with E-state index in [0.717, 1.165) is 60.5 Å². The average molecular weight is 304 g/mol. The van der Waals surface area contributed by atoms with E-state index in [1.807, 2.05) is 6.07 Å². The highest BCUT2D eigenvalue weighted by Gasteiger charge is 2.10. The molecular weight excluding hydrogens is 284 g/mol. The SMILES string of the molecule is c1ccc(CCCc2cc3cc(C4=NCCN4)ccc3o2)cc1. The van der Waals surface area contributed by atoms with Crippen LogP contribution >= 0.6 is 0 Å². The van der Waals surface area contributed by atoms with E-state index in [9.17, 15) is 0 Å². The second-order valence-corrected chi connectivity index (χ2v) is 5.96. The monoisotopic (exact) mass is 304 g/mol. The predicted molar refractivity (Wildman–Crippen MR) is 94.1 cm³/mol. The first-order valence-electron chi connectivity index (χ1n) is 8.23. The number of benzene rings is 2. The van der Waals surface area contributed by atoms with Crippen molar-refractivity contribution in [2.75, 3.05) is 13.1 Å². The fourth-order valence-corrected chi connectivity index (χ4v) is 3.07. The number of aryl methyl sites for hydroxylation is 2. The van der Waals surface area contributed by atoms with Gasteiger partial charge in [-0.15, -0.1) is 0 Å². The molecule has 1 aromatic heterocycles. The Bertz CT molecular complexity index is 833. The van der Waals surface area contributed by atoms with Gasteiger partial charge in [-0.1, -0.05) is 30.3 Å². The summed E-state index contributed by atoms with van der Waals surface area (Å²) in [4.78, 5) is 4.48. The molecule has 23 heavy (non-hydrogen) atoms. The Hall–Kier alpha value is -2.55. The summed E-state index contributed by atoms with van der Waals surface area (Å²) in [5.74, 6) is 2.06. The second kappa shape index (κ2) is 6.29. The highest BCUT2D eigenvalue weighted by atomic mass is 16.3. The Morgan fingerprint density at radius 1 is 1.00 bits per heavy atom. The molecule has 1 aliphatic heterocycles. The highest BCUT2D eigenvalue weighted by molar-refractivity contribution is 6.02. The van der Waals surface area contributed by atoms with Gasteiger partial charge in [-0.05, 0) is 42.7 Å². The summed E-state index contributed by atoms with van der Waals surface area (Å²) in [6, 6.07) is 19.1. The molecule has 2 heterocycles. The number of furan rings is 1. The zero-order valence-electron chi connectivity index (χ0n) is 13.1. The van der Waals surface area contributed by atoms with Crippen LogP contribution in [0.4, 0.5) is 0 Å². The van der Waals surface area contributed by atoms with Crippen molar-refractivity contribution < 1.29 is 4.42 Å². The summed E-state index contributed by atoms with van der Waals surface area (Å²) < 4.78 is 5.96. The lowest BCUT2D eigenvalue weighted by atomic mass is 10.1. The van der Waals surface area contributed by atoms with Crippen LogP contribution in [0.5, 0.6) is 0 Å². The Labute approximate surface area is 136 Å².